The van der Waals surface area contributed by atoms with Crippen molar-refractivity contribution in [1.29, 1.82) is 0 Å². The van der Waals surface area contributed by atoms with Crippen LogP contribution in [0.15, 0.2) is 140 Å². The Morgan fingerprint density at radius 2 is 1.29 bits per heavy atom. The van der Waals surface area contributed by atoms with Crippen molar-refractivity contribution in [3.05, 3.63) is 162 Å². The zero-order valence-corrected chi connectivity index (χ0v) is 48.0. The molecule has 0 N–H and O–H groups in total. The van der Waals surface area contributed by atoms with Crippen molar-refractivity contribution in [2.75, 3.05) is 33.7 Å². The fraction of sp³-hybridized carbons (Fsp3) is 0.492. The smallest absolute Gasteiger partial charge is 0.306 e. The third-order valence-electron chi connectivity index (χ3n) is 15.1. The molecule has 0 saturated carbocycles. The number of carbonyl (C=O) groups excluding carboxylic acids is 2. The van der Waals surface area contributed by atoms with Gasteiger partial charge in [-0.2, -0.15) is 0 Å². The highest BCUT2D eigenvalue weighted by Gasteiger charge is 2.57. The number of ketones is 1. The van der Waals surface area contributed by atoms with Gasteiger partial charge < -0.3 is 66.1 Å². The maximum atomic E-state index is 13.8. The summed E-state index contributed by atoms with van der Waals surface area (Å²) in [5.74, 6) is -0.109. The molecule has 8 rings (SSSR count). The summed E-state index contributed by atoms with van der Waals surface area (Å²) in [6, 6.07) is 41.4. The summed E-state index contributed by atoms with van der Waals surface area (Å²) >= 11 is 0. The van der Waals surface area contributed by atoms with Crippen molar-refractivity contribution in [3.8, 4) is 5.75 Å². The third-order valence-corrected chi connectivity index (χ3v) is 21.1. The van der Waals surface area contributed by atoms with Crippen molar-refractivity contribution in [2.45, 2.75) is 165 Å². The van der Waals surface area contributed by atoms with E-state index in [4.69, 9.17) is 61.3 Å². The van der Waals surface area contributed by atoms with E-state index in [2.05, 4.69) is 72.4 Å². The largest absolute Gasteiger partial charge is 0.497 e. The zero-order valence-electron chi connectivity index (χ0n) is 47.0. The number of esters is 1. The highest BCUT2D eigenvalue weighted by atomic mass is 28.4. The molecular formula is C63H80O15Si. The molecule has 3 fully saturated rings. The minimum atomic E-state index is -2.48. The lowest BCUT2D eigenvalue weighted by Gasteiger charge is -2.51. The molecule has 426 valence electrons. The van der Waals surface area contributed by atoms with Gasteiger partial charge in [-0.3, -0.25) is 4.79 Å². The summed E-state index contributed by atoms with van der Waals surface area (Å²) in [5, 5.41) is 2.15. The topological polar surface area (TPSA) is 154 Å². The predicted molar refractivity (Wildman–Crippen MR) is 300 cm³/mol. The number of Topliss-reactive ketones (excluding diaryl/α,β-unsaturated/α-hetero) is 1. The molecule has 0 amide bonds. The van der Waals surface area contributed by atoms with Crippen LogP contribution >= 0.6 is 0 Å². The van der Waals surface area contributed by atoms with Crippen LogP contribution in [-0.4, -0.2) is 115 Å². The van der Waals surface area contributed by atoms with Crippen LogP contribution in [0.4, 0.5) is 0 Å². The van der Waals surface area contributed by atoms with Gasteiger partial charge in [0.05, 0.1) is 53.2 Å². The highest BCUT2D eigenvalue weighted by molar-refractivity contribution is 6.77. The Morgan fingerprint density at radius 1 is 0.646 bits per heavy atom. The number of fused-ring (bicyclic) bond motifs is 2. The van der Waals surface area contributed by atoms with Gasteiger partial charge in [0.15, 0.2) is 25.0 Å². The predicted octanol–water partition coefficient (Wildman–Crippen LogP) is 11.5. The second kappa shape index (κ2) is 29.0. The van der Waals surface area contributed by atoms with Gasteiger partial charge in [0.25, 0.3) is 0 Å². The third kappa shape index (κ3) is 15.4. The molecule has 3 aliphatic rings. The van der Waals surface area contributed by atoms with E-state index in [0.717, 1.165) is 33.0 Å². The van der Waals surface area contributed by atoms with E-state index in [0.29, 0.717) is 5.75 Å². The second-order valence-electron chi connectivity index (χ2n) is 21.4. The van der Waals surface area contributed by atoms with Gasteiger partial charge in [0.1, 0.15) is 61.1 Å². The van der Waals surface area contributed by atoms with Crippen LogP contribution in [0.2, 0.25) is 16.6 Å². The molecule has 3 heterocycles. The summed E-state index contributed by atoms with van der Waals surface area (Å²) < 4.78 is 87.8. The van der Waals surface area contributed by atoms with Crippen molar-refractivity contribution in [1.82, 2.24) is 0 Å². The highest BCUT2D eigenvalue weighted by Crippen LogP contribution is 2.44. The summed E-state index contributed by atoms with van der Waals surface area (Å²) in [6.07, 6.45) is -9.55. The van der Waals surface area contributed by atoms with Gasteiger partial charge in [0, 0.05) is 12.0 Å². The summed E-state index contributed by atoms with van der Waals surface area (Å²) in [6.45, 7) is 19.3. The quantitative estimate of drug-likeness (QED) is 0.0202. The van der Waals surface area contributed by atoms with Crippen molar-refractivity contribution in [2.24, 2.45) is 0 Å². The summed E-state index contributed by atoms with van der Waals surface area (Å²) in [7, 11) is -0.853. The molecule has 5 aromatic carbocycles. The number of benzene rings is 5. The molecule has 1 unspecified atom stereocenters. The van der Waals surface area contributed by atoms with E-state index in [1.807, 2.05) is 103 Å². The minimum Gasteiger partial charge on any atom is -0.497 e. The van der Waals surface area contributed by atoms with Gasteiger partial charge in [-0.15, -0.1) is 6.58 Å². The molecule has 0 radical (unpaired) electrons. The average molecular weight is 1110 g/mol. The number of rotatable bonds is 28. The lowest BCUT2D eigenvalue weighted by atomic mass is 9.95. The van der Waals surface area contributed by atoms with Crippen LogP contribution in [-0.2, 0) is 85.9 Å². The molecule has 0 spiro atoms. The van der Waals surface area contributed by atoms with Gasteiger partial charge in [-0.05, 0) is 69.2 Å². The number of hydrogen-bond donors (Lipinski definition) is 0. The molecule has 0 bridgehead atoms. The maximum Gasteiger partial charge on any atom is 0.306 e. The molecule has 3 aliphatic heterocycles. The maximum absolute atomic E-state index is 13.8. The van der Waals surface area contributed by atoms with Crippen LogP contribution < -0.4 is 4.74 Å². The minimum absolute atomic E-state index is 0.0129. The lowest BCUT2D eigenvalue weighted by Crippen LogP contribution is -2.67. The fourth-order valence-corrected chi connectivity index (χ4v) is 16.5. The number of hydrogen-bond acceptors (Lipinski definition) is 15. The van der Waals surface area contributed by atoms with Crippen molar-refractivity contribution in [3.63, 3.8) is 0 Å². The molecule has 15 nitrogen and oxygen atoms in total. The Morgan fingerprint density at radius 3 is 1.95 bits per heavy atom. The van der Waals surface area contributed by atoms with Gasteiger partial charge >= 0.3 is 5.97 Å². The van der Waals surface area contributed by atoms with Gasteiger partial charge in [0.2, 0.25) is 8.32 Å². The average Bonchev–Trinajstić information content (AvgIpc) is 3.54. The first-order valence-corrected chi connectivity index (χ1v) is 29.8. The Bertz CT molecular complexity index is 2650. The first kappa shape index (κ1) is 59.9. The Kier molecular flexibility index (Phi) is 22.0. The van der Waals surface area contributed by atoms with E-state index in [9.17, 15) is 9.59 Å². The normalized spacial score (nSPS) is 25.3. The standard InChI is InChI=1S/C63H80O15Si/c1-10-33-68-62-60(76-54(65)32-25-44(8)64)58(69-36-46-21-15-12-16-22-46)55(52(74-62)38-67-35-45-19-13-11-14-20-45)78-63-59(70-37-47-26-27-48-23-17-18-24-50(48)34-47)57(72-40-73-79(41(2)3,42(4)5)43(6)7)56-53(75-63)39-71-61(77-56)49-28-30-51(66-9)31-29-49/h10-24,26-31,34,41-43,52-53,55-63H,1,25,32-33,35-40H2,2-9H3/t52-,53-,55-,56-,57+,58+,59+,60+,61?,62+,63+/m1/s1. The summed E-state index contributed by atoms with van der Waals surface area (Å²) in [4.78, 5) is 26.0. The summed E-state index contributed by atoms with van der Waals surface area (Å²) in [5.41, 5.74) is 4.30. The van der Waals surface area contributed by atoms with Crippen LogP contribution in [0.5, 0.6) is 5.75 Å². The van der Waals surface area contributed by atoms with Crippen LogP contribution in [0.3, 0.4) is 0 Å². The molecule has 79 heavy (non-hydrogen) atoms. The molecule has 0 aliphatic carbocycles. The van der Waals surface area contributed by atoms with E-state index < -0.39 is 82.0 Å². The van der Waals surface area contributed by atoms with Crippen molar-refractivity contribution < 1.29 is 70.9 Å². The van der Waals surface area contributed by atoms with Gasteiger partial charge in [-0.25, -0.2) is 0 Å². The van der Waals surface area contributed by atoms with E-state index in [-0.39, 0.29) is 81.7 Å². The van der Waals surface area contributed by atoms with Gasteiger partial charge in [-0.1, -0.05) is 157 Å². The number of methoxy groups -OCH3 is 1. The molecule has 0 aromatic heterocycles. The Labute approximate surface area is 467 Å². The first-order chi connectivity index (χ1) is 38.3. The fourth-order valence-electron chi connectivity index (χ4n) is 11.3. The molecule has 16 heteroatoms. The monoisotopic (exact) mass is 1100 g/mol. The zero-order chi connectivity index (χ0) is 55.9. The molecular weight excluding hydrogens is 1020 g/mol. The number of ether oxygens (including phenoxy) is 12. The molecule has 3 saturated heterocycles. The molecule has 11 atom stereocenters. The van der Waals surface area contributed by atoms with E-state index in [1.165, 1.54) is 6.92 Å². The second-order valence-corrected chi connectivity index (χ2v) is 26.9. The number of carbonyl (C=O) groups is 2. The Hall–Kier alpha value is -5.18. The van der Waals surface area contributed by atoms with Crippen LogP contribution in [0.1, 0.15) is 89.9 Å². The van der Waals surface area contributed by atoms with Crippen molar-refractivity contribution >= 4 is 30.8 Å². The lowest BCUT2D eigenvalue weighted by molar-refractivity contribution is -0.397. The van der Waals surface area contributed by atoms with E-state index in [1.54, 1.807) is 13.2 Å². The first-order valence-electron chi connectivity index (χ1n) is 27.7. The van der Waals surface area contributed by atoms with Crippen LogP contribution in [0.25, 0.3) is 10.8 Å². The SMILES string of the molecule is C=CCO[C@H]1O[C@H](COCc2ccccc2)[C@@H](O[C@@H]2O[C@@H]3COC(c4ccc(OC)cc4)O[C@H]3[C@H](OCO[Si](C(C)C)(C(C)C)C(C)C)[C@@H]2OCc2ccc3ccccc3c2)[C@H](OCc2ccccc2)[C@@H]1OC(=O)CCC(C)=O. The van der Waals surface area contributed by atoms with E-state index >= 15 is 0 Å². The van der Waals surface area contributed by atoms with Crippen LogP contribution in [0, 0.1) is 0 Å². The molecule has 5 aromatic rings. The Balaban J connectivity index is 1.22.